The predicted molar refractivity (Wildman–Crippen MR) is 106 cm³/mol. The van der Waals surface area contributed by atoms with Crippen molar-refractivity contribution >= 4 is 23.2 Å². The van der Waals surface area contributed by atoms with Crippen LogP contribution in [0.15, 0.2) is 49.1 Å². The molecule has 138 valence electrons. The lowest BCUT2D eigenvalue weighted by molar-refractivity contribution is 0.696. The van der Waals surface area contributed by atoms with Crippen LogP contribution >= 0.6 is 23.2 Å². The number of nitrogens with one attached hydrogen (secondary N) is 1. The first kappa shape index (κ1) is 18.2. The number of hydrogen-bond donors (Lipinski definition) is 1. The number of imidazole rings is 1. The smallest absolute Gasteiger partial charge is 0.190 e. The number of hydrogen-bond acceptors (Lipinski definition) is 5. The second-order valence-corrected chi connectivity index (χ2v) is 6.81. The predicted octanol–water partition coefficient (Wildman–Crippen LogP) is 4.15. The zero-order valence-electron chi connectivity index (χ0n) is 14.5. The van der Waals surface area contributed by atoms with E-state index in [1.165, 1.54) is 0 Å². The first-order chi connectivity index (χ1) is 13.7. The topological polar surface area (TPSA) is 96.1 Å². The molecular formula is C19H13Cl2N7. The number of aryl methyl sites for hydroxylation is 2. The molecule has 0 fully saturated rings. The van der Waals surface area contributed by atoms with E-state index in [0.717, 1.165) is 23.2 Å². The van der Waals surface area contributed by atoms with Crippen LogP contribution in [0.5, 0.6) is 0 Å². The van der Waals surface area contributed by atoms with E-state index < -0.39 is 0 Å². The van der Waals surface area contributed by atoms with Gasteiger partial charge in [0.15, 0.2) is 5.69 Å². The van der Waals surface area contributed by atoms with E-state index in [9.17, 15) is 0 Å². The SMILES string of the molecule is N#Cc1n[nH]nc1-c1ccnc(-c2cn(CCc3cccc(Cl)c3Cl)cn2)c1. The van der Waals surface area contributed by atoms with Gasteiger partial charge in [0.2, 0.25) is 0 Å². The molecule has 0 aliphatic carbocycles. The van der Waals surface area contributed by atoms with Crippen LogP contribution in [0.25, 0.3) is 22.6 Å². The second-order valence-electron chi connectivity index (χ2n) is 6.02. The standard InChI is InChI=1S/C19H13Cl2N7/c20-14-3-1-2-12(18(14)21)5-7-28-10-17(24-11-28)15-8-13(4-6-23-15)19-16(9-22)25-27-26-19/h1-4,6,8,10-11H,5,7H2,(H,25,26,27). The molecule has 0 saturated heterocycles. The Bertz CT molecular complexity index is 1170. The van der Waals surface area contributed by atoms with Crippen LogP contribution < -0.4 is 0 Å². The molecule has 3 aromatic heterocycles. The maximum absolute atomic E-state index is 9.13. The van der Waals surface area contributed by atoms with Crippen LogP contribution in [-0.2, 0) is 13.0 Å². The molecule has 3 heterocycles. The third-order valence-electron chi connectivity index (χ3n) is 4.25. The van der Waals surface area contributed by atoms with Gasteiger partial charge < -0.3 is 4.57 Å². The summed E-state index contributed by atoms with van der Waals surface area (Å²) in [6.07, 6.45) is 6.05. The van der Waals surface area contributed by atoms with Crippen LogP contribution in [0.3, 0.4) is 0 Å². The van der Waals surface area contributed by atoms with E-state index in [2.05, 4.69) is 25.4 Å². The zero-order valence-corrected chi connectivity index (χ0v) is 16.0. The van der Waals surface area contributed by atoms with Gasteiger partial charge in [-0.2, -0.15) is 15.6 Å². The molecule has 0 unspecified atom stereocenters. The summed E-state index contributed by atoms with van der Waals surface area (Å²) in [6.45, 7) is 0.703. The molecular weight excluding hydrogens is 397 g/mol. The fraction of sp³-hybridized carbons (Fsp3) is 0.105. The fourth-order valence-electron chi connectivity index (χ4n) is 2.83. The van der Waals surface area contributed by atoms with Crippen molar-refractivity contribution in [2.45, 2.75) is 13.0 Å². The Morgan fingerprint density at radius 3 is 2.86 bits per heavy atom. The molecule has 7 nitrogen and oxygen atoms in total. The maximum atomic E-state index is 9.13. The van der Waals surface area contributed by atoms with Crippen molar-refractivity contribution < 1.29 is 0 Å². The van der Waals surface area contributed by atoms with E-state index in [4.69, 9.17) is 28.5 Å². The number of nitrogens with zero attached hydrogens (tertiary/aromatic N) is 6. The highest BCUT2D eigenvalue weighted by Gasteiger charge is 2.12. The van der Waals surface area contributed by atoms with Crippen molar-refractivity contribution in [2.24, 2.45) is 0 Å². The van der Waals surface area contributed by atoms with Crippen LogP contribution in [0, 0.1) is 11.3 Å². The van der Waals surface area contributed by atoms with Gasteiger partial charge in [0.1, 0.15) is 17.5 Å². The number of pyridine rings is 1. The van der Waals surface area contributed by atoms with Gasteiger partial charge in [-0.1, -0.05) is 35.3 Å². The average Bonchev–Trinajstić information content (AvgIpc) is 3.38. The fourth-order valence-corrected chi connectivity index (χ4v) is 3.25. The molecule has 1 N–H and O–H groups in total. The van der Waals surface area contributed by atoms with Crippen molar-refractivity contribution in [1.29, 1.82) is 5.26 Å². The Morgan fingerprint density at radius 2 is 2.00 bits per heavy atom. The molecule has 0 aliphatic rings. The molecule has 0 atom stereocenters. The number of aromatic amines is 1. The largest absolute Gasteiger partial charge is 0.336 e. The van der Waals surface area contributed by atoms with Crippen molar-refractivity contribution in [3.05, 3.63) is 70.4 Å². The Morgan fingerprint density at radius 1 is 1.11 bits per heavy atom. The number of benzene rings is 1. The third kappa shape index (κ3) is 3.60. The first-order valence-electron chi connectivity index (χ1n) is 8.38. The minimum atomic E-state index is 0.237. The van der Waals surface area contributed by atoms with Gasteiger partial charge in [-0.15, -0.1) is 5.10 Å². The number of nitriles is 1. The summed E-state index contributed by atoms with van der Waals surface area (Å²) in [7, 11) is 0. The Balaban J connectivity index is 1.54. The Hall–Kier alpha value is -3.21. The summed E-state index contributed by atoms with van der Waals surface area (Å²) in [4.78, 5) is 8.81. The molecule has 1 aromatic carbocycles. The van der Waals surface area contributed by atoms with E-state index in [0.29, 0.717) is 28.0 Å². The molecule has 0 radical (unpaired) electrons. The van der Waals surface area contributed by atoms with Gasteiger partial charge >= 0.3 is 0 Å². The molecule has 0 spiro atoms. The quantitative estimate of drug-likeness (QED) is 0.533. The maximum Gasteiger partial charge on any atom is 0.190 e. The first-order valence-corrected chi connectivity index (χ1v) is 9.13. The van der Waals surface area contributed by atoms with Crippen molar-refractivity contribution in [1.82, 2.24) is 29.9 Å². The minimum absolute atomic E-state index is 0.237. The molecule has 0 saturated carbocycles. The average molecular weight is 410 g/mol. The molecule has 9 heteroatoms. The summed E-state index contributed by atoms with van der Waals surface area (Å²) in [5, 5.41) is 20.6. The lowest BCUT2D eigenvalue weighted by Crippen LogP contribution is -1.99. The van der Waals surface area contributed by atoms with Crippen LogP contribution in [-0.4, -0.2) is 29.9 Å². The normalized spacial score (nSPS) is 10.8. The summed E-state index contributed by atoms with van der Waals surface area (Å²) < 4.78 is 1.97. The van der Waals surface area contributed by atoms with Crippen LogP contribution in [0.2, 0.25) is 10.0 Å². The summed E-state index contributed by atoms with van der Waals surface area (Å²) >= 11 is 12.3. The number of aromatic nitrogens is 6. The zero-order chi connectivity index (χ0) is 19.5. The van der Waals surface area contributed by atoms with Crippen molar-refractivity contribution in [2.75, 3.05) is 0 Å². The molecule has 0 amide bonds. The molecule has 28 heavy (non-hydrogen) atoms. The van der Waals surface area contributed by atoms with Crippen molar-refractivity contribution in [3.63, 3.8) is 0 Å². The van der Waals surface area contributed by atoms with E-state index >= 15 is 0 Å². The second kappa shape index (κ2) is 7.80. The van der Waals surface area contributed by atoms with Crippen LogP contribution in [0.4, 0.5) is 0 Å². The lowest BCUT2D eigenvalue weighted by atomic mass is 10.1. The summed E-state index contributed by atoms with van der Waals surface area (Å²) in [5.74, 6) is 0. The third-order valence-corrected chi connectivity index (χ3v) is 5.11. The van der Waals surface area contributed by atoms with E-state index in [1.807, 2.05) is 35.0 Å². The van der Waals surface area contributed by atoms with Gasteiger partial charge in [0, 0.05) is 24.5 Å². The number of rotatable bonds is 5. The van der Waals surface area contributed by atoms with Gasteiger partial charge in [0.05, 0.1) is 22.1 Å². The number of H-pyrrole nitrogens is 1. The molecule has 4 aromatic rings. The highest BCUT2D eigenvalue weighted by Crippen LogP contribution is 2.27. The van der Waals surface area contributed by atoms with E-state index in [-0.39, 0.29) is 5.69 Å². The highest BCUT2D eigenvalue weighted by atomic mass is 35.5. The van der Waals surface area contributed by atoms with Gasteiger partial charge in [-0.25, -0.2) is 4.98 Å². The molecule has 0 bridgehead atoms. The highest BCUT2D eigenvalue weighted by molar-refractivity contribution is 6.42. The van der Waals surface area contributed by atoms with Gasteiger partial charge in [-0.3, -0.25) is 4.98 Å². The van der Waals surface area contributed by atoms with E-state index in [1.54, 1.807) is 24.7 Å². The molecule has 4 rings (SSSR count). The monoisotopic (exact) mass is 409 g/mol. The lowest BCUT2D eigenvalue weighted by Gasteiger charge is -2.06. The van der Waals surface area contributed by atoms with Gasteiger partial charge in [0.25, 0.3) is 0 Å². The Labute approximate surface area is 170 Å². The Kier molecular flexibility index (Phi) is 5.06. The number of halogens is 2. The summed E-state index contributed by atoms with van der Waals surface area (Å²) in [6, 6.07) is 11.2. The minimum Gasteiger partial charge on any atom is -0.336 e. The van der Waals surface area contributed by atoms with Crippen LogP contribution in [0.1, 0.15) is 11.3 Å². The van der Waals surface area contributed by atoms with Crippen molar-refractivity contribution in [3.8, 4) is 28.7 Å². The summed E-state index contributed by atoms with van der Waals surface area (Å²) in [5.41, 5.74) is 3.86. The van der Waals surface area contributed by atoms with Gasteiger partial charge in [-0.05, 0) is 30.2 Å². The molecule has 0 aliphatic heterocycles.